The van der Waals surface area contributed by atoms with Crippen molar-refractivity contribution >= 4 is 22.8 Å². The lowest BCUT2D eigenvalue weighted by Gasteiger charge is -2.21. The maximum absolute atomic E-state index is 12.8. The molecule has 0 bridgehead atoms. The summed E-state index contributed by atoms with van der Waals surface area (Å²) in [5.74, 6) is 0.688. The van der Waals surface area contributed by atoms with Gasteiger partial charge in [0.2, 0.25) is 5.95 Å². The van der Waals surface area contributed by atoms with Gasteiger partial charge in [-0.2, -0.15) is 10.1 Å². The summed E-state index contributed by atoms with van der Waals surface area (Å²) in [7, 11) is 1.64. The normalized spacial score (nSPS) is 17.5. The van der Waals surface area contributed by atoms with Crippen molar-refractivity contribution in [3.63, 3.8) is 0 Å². The molecule has 2 aromatic heterocycles. The Hall–Kier alpha value is -2.38. The van der Waals surface area contributed by atoms with Crippen molar-refractivity contribution in [1.29, 1.82) is 0 Å². The molecule has 0 unspecified atom stereocenters. The third-order valence-electron chi connectivity index (χ3n) is 4.05. The first kappa shape index (κ1) is 14.6. The lowest BCUT2D eigenvalue weighted by molar-refractivity contribution is 0.483. The van der Waals surface area contributed by atoms with Gasteiger partial charge in [0.1, 0.15) is 0 Å². The highest BCUT2D eigenvalue weighted by molar-refractivity contribution is 5.90. The number of imidazole rings is 1. The molecular formula is C14H20N6O2. The van der Waals surface area contributed by atoms with Crippen LogP contribution < -0.4 is 16.7 Å². The van der Waals surface area contributed by atoms with E-state index in [9.17, 15) is 9.59 Å². The highest BCUT2D eigenvalue weighted by Gasteiger charge is 2.26. The predicted octanol–water partition coefficient (Wildman–Crippen LogP) is 0.915. The molecule has 0 aromatic carbocycles. The van der Waals surface area contributed by atoms with Crippen molar-refractivity contribution < 1.29 is 0 Å². The SMILES string of the molecule is CC1=NNc2nc3c(c(=O)n(CC(C)C)c(=O)n3C)n2[C@H]1C. The molecule has 2 aromatic rings. The van der Waals surface area contributed by atoms with Crippen LogP contribution in [0, 0.1) is 5.92 Å². The van der Waals surface area contributed by atoms with Crippen LogP contribution in [-0.2, 0) is 13.6 Å². The van der Waals surface area contributed by atoms with Gasteiger partial charge < -0.3 is 0 Å². The summed E-state index contributed by atoms with van der Waals surface area (Å²) in [6.07, 6.45) is 0. The number of nitrogens with one attached hydrogen (secondary N) is 1. The quantitative estimate of drug-likeness (QED) is 0.893. The van der Waals surface area contributed by atoms with Crippen LogP contribution in [0.3, 0.4) is 0 Å². The zero-order valence-corrected chi connectivity index (χ0v) is 13.4. The second kappa shape index (κ2) is 4.82. The van der Waals surface area contributed by atoms with Gasteiger partial charge in [-0.15, -0.1) is 0 Å². The summed E-state index contributed by atoms with van der Waals surface area (Å²) in [6.45, 7) is 8.19. The van der Waals surface area contributed by atoms with Crippen LogP contribution in [0.4, 0.5) is 5.95 Å². The minimum absolute atomic E-state index is 0.0843. The number of rotatable bonds is 2. The molecular weight excluding hydrogens is 284 g/mol. The van der Waals surface area contributed by atoms with Gasteiger partial charge in [0.05, 0.1) is 11.8 Å². The van der Waals surface area contributed by atoms with E-state index in [1.54, 1.807) is 7.05 Å². The smallest absolute Gasteiger partial charge is 0.294 e. The molecule has 22 heavy (non-hydrogen) atoms. The summed E-state index contributed by atoms with van der Waals surface area (Å²) in [5, 5.41) is 4.19. The topological polar surface area (TPSA) is 86.2 Å². The molecule has 1 aliphatic rings. The summed E-state index contributed by atoms with van der Waals surface area (Å²) in [5.41, 5.74) is 3.88. The van der Waals surface area contributed by atoms with E-state index >= 15 is 0 Å². The van der Waals surface area contributed by atoms with Crippen molar-refractivity contribution in [1.82, 2.24) is 18.7 Å². The number of nitrogens with zero attached hydrogens (tertiary/aromatic N) is 5. The molecule has 1 aliphatic heterocycles. The van der Waals surface area contributed by atoms with E-state index in [1.165, 1.54) is 9.13 Å². The lowest BCUT2D eigenvalue weighted by Crippen LogP contribution is -2.41. The van der Waals surface area contributed by atoms with Crippen molar-refractivity contribution in [3.8, 4) is 0 Å². The number of hydrogen-bond acceptors (Lipinski definition) is 5. The van der Waals surface area contributed by atoms with Crippen molar-refractivity contribution in [2.75, 3.05) is 5.43 Å². The summed E-state index contributed by atoms with van der Waals surface area (Å²) in [6, 6.07) is -0.0843. The molecule has 8 nitrogen and oxygen atoms in total. The second-order valence-corrected chi connectivity index (χ2v) is 6.17. The Morgan fingerprint density at radius 2 is 2.00 bits per heavy atom. The fraction of sp³-hybridized carbons (Fsp3) is 0.571. The van der Waals surface area contributed by atoms with Crippen LogP contribution >= 0.6 is 0 Å². The third kappa shape index (κ3) is 1.90. The van der Waals surface area contributed by atoms with E-state index in [1.807, 2.05) is 32.3 Å². The van der Waals surface area contributed by atoms with Crippen molar-refractivity contribution in [3.05, 3.63) is 20.8 Å². The molecule has 3 rings (SSSR count). The van der Waals surface area contributed by atoms with Crippen LogP contribution in [0.15, 0.2) is 14.7 Å². The molecule has 0 saturated heterocycles. The molecule has 118 valence electrons. The number of hydrogen-bond donors (Lipinski definition) is 1. The molecule has 1 atom stereocenters. The van der Waals surface area contributed by atoms with E-state index in [-0.39, 0.29) is 23.2 Å². The number of aromatic nitrogens is 4. The van der Waals surface area contributed by atoms with Crippen LogP contribution in [0.1, 0.15) is 33.7 Å². The Labute approximate surface area is 127 Å². The lowest BCUT2D eigenvalue weighted by atomic mass is 10.2. The molecule has 0 aliphatic carbocycles. The maximum Gasteiger partial charge on any atom is 0.332 e. The minimum Gasteiger partial charge on any atom is -0.294 e. The van der Waals surface area contributed by atoms with Gasteiger partial charge in [0, 0.05) is 13.6 Å². The minimum atomic E-state index is -0.341. The fourth-order valence-electron chi connectivity index (χ4n) is 2.74. The van der Waals surface area contributed by atoms with Crippen LogP contribution in [0.25, 0.3) is 11.2 Å². The number of fused-ring (bicyclic) bond motifs is 3. The summed E-state index contributed by atoms with van der Waals surface area (Å²) < 4.78 is 4.53. The largest absolute Gasteiger partial charge is 0.332 e. The molecule has 0 radical (unpaired) electrons. The molecule has 3 heterocycles. The van der Waals surface area contributed by atoms with Gasteiger partial charge in [-0.05, 0) is 19.8 Å². The molecule has 1 N–H and O–H groups in total. The Morgan fingerprint density at radius 1 is 1.32 bits per heavy atom. The number of hydrazone groups is 1. The monoisotopic (exact) mass is 304 g/mol. The highest BCUT2D eigenvalue weighted by Crippen LogP contribution is 2.25. The Bertz CT molecular complexity index is 899. The van der Waals surface area contributed by atoms with Crippen molar-refractivity contribution in [2.45, 2.75) is 40.3 Å². The maximum atomic E-state index is 12.8. The van der Waals surface area contributed by atoms with E-state index < -0.39 is 0 Å². The first-order valence-electron chi connectivity index (χ1n) is 7.34. The first-order valence-corrected chi connectivity index (χ1v) is 7.34. The zero-order valence-electron chi connectivity index (χ0n) is 13.4. The van der Waals surface area contributed by atoms with Gasteiger partial charge >= 0.3 is 5.69 Å². The average molecular weight is 304 g/mol. The van der Waals surface area contributed by atoms with Crippen LogP contribution in [-0.4, -0.2) is 24.4 Å². The molecule has 8 heteroatoms. The zero-order chi connectivity index (χ0) is 16.2. The predicted molar refractivity (Wildman–Crippen MR) is 85.5 cm³/mol. The molecule has 0 fully saturated rings. The van der Waals surface area contributed by atoms with Crippen LogP contribution in [0.5, 0.6) is 0 Å². The van der Waals surface area contributed by atoms with E-state index in [2.05, 4.69) is 15.5 Å². The molecule has 0 saturated carbocycles. The standard InChI is InChI=1S/C14H20N6O2/c1-7(2)6-19-12(21)10-11(18(5)14(19)22)15-13-17-16-8(3)9(4)20(10)13/h7,9H,6H2,1-5H3,(H,15,17)/t9-/m0/s1. The number of anilines is 1. The van der Waals surface area contributed by atoms with E-state index in [0.717, 1.165) is 5.71 Å². The highest BCUT2D eigenvalue weighted by atomic mass is 16.2. The van der Waals surface area contributed by atoms with Gasteiger partial charge in [-0.3, -0.25) is 18.5 Å². The van der Waals surface area contributed by atoms with Crippen molar-refractivity contribution in [2.24, 2.45) is 18.1 Å². The molecule has 0 amide bonds. The second-order valence-electron chi connectivity index (χ2n) is 6.17. The Balaban J connectivity index is 2.41. The van der Waals surface area contributed by atoms with E-state index in [0.29, 0.717) is 23.7 Å². The van der Waals surface area contributed by atoms with Gasteiger partial charge in [-0.1, -0.05) is 13.8 Å². The fourth-order valence-corrected chi connectivity index (χ4v) is 2.74. The Kier molecular flexibility index (Phi) is 3.19. The van der Waals surface area contributed by atoms with Gasteiger partial charge in [-0.25, -0.2) is 10.2 Å². The summed E-state index contributed by atoms with van der Waals surface area (Å²) >= 11 is 0. The van der Waals surface area contributed by atoms with Gasteiger partial charge in [0.25, 0.3) is 5.56 Å². The van der Waals surface area contributed by atoms with Crippen LogP contribution in [0.2, 0.25) is 0 Å². The Morgan fingerprint density at radius 3 is 2.64 bits per heavy atom. The average Bonchev–Trinajstić information content (AvgIpc) is 2.85. The van der Waals surface area contributed by atoms with Gasteiger partial charge in [0.15, 0.2) is 11.2 Å². The van der Waals surface area contributed by atoms with E-state index in [4.69, 9.17) is 0 Å². The molecule has 0 spiro atoms. The first-order chi connectivity index (χ1) is 10.3. The third-order valence-corrected chi connectivity index (χ3v) is 4.05. The number of aryl methyl sites for hydroxylation is 1. The summed E-state index contributed by atoms with van der Waals surface area (Å²) in [4.78, 5) is 29.6.